The molecule has 2 atom stereocenters. The SMILES string of the molecule is C1=CC2c3cc(-c4nc(-c5ccccc5)nc(-c5cccc(-c6ccccc6)c5)n4)ccc3OC2C=C1n1c2ccccc2c2ccc(-c3ccccc3)cc21. The van der Waals surface area contributed by atoms with Crippen LogP contribution in [0.1, 0.15) is 11.5 Å². The Labute approximate surface area is 324 Å². The molecule has 0 fully saturated rings. The second kappa shape index (κ2) is 13.2. The first-order valence-electron chi connectivity index (χ1n) is 19.0. The fourth-order valence-corrected chi connectivity index (χ4v) is 8.26. The van der Waals surface area contributed by atoms with Crippen molar-refractivity contribution in [2.24, 2.45) is 0 Å². The van der Waals surface area contributed by atoms with Gasteiger partial charge in [-0.2, -0.15) is 0 Å². The van der Waals surface area contributed by atoms with Gasteiger partial charge in [0.05, 0.1) is 11.0 Å². The lowest BCUT2D eigenvalue weighted by Gasteiger charge is -2.20. The van der Waals surface area contributed by atoms with E-state index in [-0.39, 0.29) is 12.0 Å². The molecule has 2 aliphatic rings. The van der Waals surface area contributed by atoms with Crippen LogP contribution in [-0.2, 0) is 0 Å². The molecule has 0 N–H and O–H groups in total. The van der Waals surface area contributed by atoms with Gasteiger partial charge >= 0.3 is 0 Å². The lowest BCUT2D eigenvalue weighted by Crippen LogP contribution is -2.18. The third-order valence-electron chi connectivity index (χ3n) is 11.0. The Morgan fingerprint density at radius 3 is 1.71 bits per heavy atom. The first-order valence-corrected chi connectivity index (χ1v) is 19.0. The molecule has 9 aromatic rings. The molecule has 11 rings (SSSR count). The zero-order valence-corrected chi connectivity index (χ0v) is 30.3. The molecule has 0 saturated carbocycles. The largest absolute Gasteiger partial charge is 0.485 e. The van der Waals surface area contributed by atoms with Crippen LogP contribution in [0.2, 0.25) is 0 Å². The molecule has 1 aliphatic carbocycles. The summed E-state index contributed by atoms with van der Waals surface area (Å²) in [6.45, 7) is 0. The lowest BCUT2D eigenvalue weighted by atomic mass is 9.90. The van der Waals surface area contributed by atoms with Gasteiger partial charge < -0.3 is 9.30 Å². The topological polar surface area (TPSA) is 52.8 Å². The average molecular weight is 719 g/mol. The van der Waals surface area contributed by atoms with Crippen molar-refractivity contribution in [1.29, 1.82) is 0 Å². The van der Waals surface area contributed by atoms with Crippen molar-refractivity contribution in [3.05, 3.63) is 200 Å². The molecule has 5 nitrogen and oxygen atoms in total. The van der Waals surface area contributed by atoms with E-state index < -0.39 is 0 Å². The molecule has 0 spiro atoms. The standard InChI is InChI=1S/C51H34N4O/c1-4-13-33(14-5-1)36-19-12-20-38(29-36)50-52-49(35-17-8-3-9-18-35)53-51(54-50)39-24-28-47-44(30-39)43-27-25-40(32-48(43)56-47)55-45-22-11-10-21-41(45)42-26-23-37(31-46(42)55)34-15-6-2-7-16-34/h1-32,43,48H. The van der Waals surface area contributed by atoms with E-state index in [4.69, 9.17) is 19.7 Å². The fourth-order valence-electron chi connectivity index (χ4n) is 8.26. The summed E-state index contributed by atoms with van der Waals surface area (Å²) in [5.41, 5.74) is 12.0. The quantitative estimate of drug-likeness (QED) is 0.172. The van der Waals surface area contributed by atoms with Crippen molar-refractivity contribution >= 4 is 27.5 Å². The van der Waals surface area contributed by atoms with E-state index >= 15 is 0 Å². The Morgan fingerprint density at radius 1 is 0.429 bits per heavy atom. The molecule has 0 bridgehead atoms. The Balaban J connectivity index is 0.974. The molecule has 2 aromatic heterocycles. The number of hydrogen-bond donors (Lipinski definition) is 0. The number of fused-ring (bicyclic) bond motifs is 6. The van der Waals surface area contributed by atoms with Crippen LogP contribution in [0.5, 0.6) is 5.75 Å². The van der Waals surface area contributed by atoms with E-state index in [9.17, 15) is 0 Å². The summed E-state index contributed by atoms with van der Waals surface area (Å²) in [4.78, 5) is 15.1. The van der Waals surface area contributed by atoms with Gasteiger partial charge in [-0.25, -0.2) is 15.0 Å². The average Bonchev–Trinajstić information content (AvgIpc) is 3.81. The molecule has 0 saturated heterocycles. The van der Waals surface area contributed by atoms with Gasteiger partial charge in [0.2, 0.25) is 0 Å². The van der Waals surface area contributed by atoms with Gasteiger partial charge in [-0.3, -0.25) is 0 Å². The smallest absolute Gasteiger partial charge is 0.164 e. The number of hydrogen-bond acceptors (Lipinski definition) is 4. The van der Waals surface area contributed by atoms with Crippen molar-refractivity contribution in [3.8, 4) is 62.2 Å². The summed E-state index contributed by atoms with van der Waals surface area (Å²) in [6.07, 6.45) is 6.67. The zero-order chi connectivity index (χ0) is 37.0. The van der Waals surface area contributed by atoms with Gasteiger partial charge in [-0.1, -0.05) is 146 Å². The number of allylic oxidation sites excluding steroid dienone is 2. The highest BCUT2D eigenvalue weighted by molar-refractivity contribution is 6.11. The van der Waals surface area contributed by atoms with Gasteiger partial charge in [0.1, 0.15) is 11.9 Å². The summed E-state index contributed by atoms with van der Waals surface area (Å²) < 4.78 is 9.08. The summed E-state index contributed by atoms with van der Waals surface area (Å²) in [5, 5.41) is 2.47. The van der Waals surface area contributed by atoms with E-state index in [1.807, 2.05) is 36.4 Å². The van der Waals surface area contributed by atoms with Gasteiger partial charge in [-0.15, -0.1) is 0 Å². The van der Waals surface area contributed by atoms with Crippen LogP contribution >= 0.6 is 0 Å². The second-order valence-electron chi connectivity index (χ2n) is 14.4. The maximum atomic E-state index is 6.69. The van der Waals surface area contributed by atoms with Crippen LogP contribution in [0.25, 0.3) is 83.9 Å². The highest BCUT2D eigenvalue weighted by Gasteiger charge is 2.34. The molecule has 0 amide bonds. The molecule has 56 heavy (non-hydrogen) atoms. The van der Waals surface area contributed by atoms with E-state index in [1.165, 1.54) is 32.9 Å². The lowest BCUT2D eigenvalue weighted by molar-refractivity contribution is 0.269. The third kappa shape index (κ3) is 5.52. The highest BCUT2D eigenvalue weighted by Crippen LogP contribution is 2.45. The molecule has 2 unspecified atom stereocenters. The first-order chi connectivity index (χ1) is 27.7. The number of aromatic nitrogens is 4. The molecular weight excluding hydrogens is 685 g/mol. The van der Waals surface area contributed by atoms with Crippen LogP contribution in [0, 0.1) is 0 Å². The second-order valence-corrected chi connectivity index (χ2v) is 14.4. The van der Waals surface area contributed by atoms with Gasteiger partial charge in [0.15, 0.2) is 17.5 Å². The number of ether oxygens (including phenoxy) is 1. The molecule has 3 heterocycles. The zero-order valence-electron chi connectivity index (χ0n) is 30.3. The predicted molar refractivity (Wildman–Crippen MR) is 227 cm³/mol. The normalized spacial score (nSPS) is 15.7. The molecule has 5 heteroatoms. The number of benzene rings is 7. The van der Waals surface area contributed by atoms with Crippen molar-refractivity contribution in [1.82, 2.24) is 19.5 Å². The minimum absolute atomic E-state index is 0.0547. The fraction of sp³-hybridized carbons (Fsp3) is 0.0392. The van der Waals surface area contributed by atoms with Crippen molar-refractivity contribution < 1.29 is 4.74 Å². The molecule has 0 radical (unpaired) electrons. The Hall–Kier alpha value is -7.37. The van der Waals surface area contributed by atoms with E-state index in [2.05, 4.69) is 162 Å². The molecule has 1 aliphatic heterocycles. The van der Waals surface area contributed by atoms with Crippen LogP contribution in [0.4, 0.5) is 0 Å². The molecular formula is C51H34N4O. The molecule has 264 valence electrons. The number of para-hydroxylation sites is 1. The monoisotopic (exact) mass is 718 g/mol. The minimum Gasteiger partial charge on any atom is -0.485 e. The Bertz CT molecular complexity index is 3000. The predicted octanol–water partition coefficient (Wildman–Crippen LogP) is 12.3. The maximum absolute atomic E-state index is 6.69. The van der Waals surface area contributed by atoms with Gasteiger partial charge in [-0.05, 0) is 70.8 Å². The number of nitrogens with zero attached hydrogens (tertiary/aromatic N) is 4. The van der Waals surface area contributed by atoms with Crippen LogP contribution in [0.3, 0.4) is 0 Å². The highest BCUT2D eigenvalue weighted by atomic mass is 16.5. The van der Waals surface area contributed by atoms with Crippen LogP contribution in [-0.4, -0.2) is 25.6 Å². The Kier molecular flexibility index (Phi) is 7.56. The number of rotatable bonds is 6. The third-order valence-corrected chi connectivity index (χ3v) is 11.0. The van der Waals surface area contributed by atoms with Gasteiger partial charge in [0, 0.05) is 44.6 Å². The van der Waals surface area contributed by atoms with Crippen LogP contribution in [0.15, 0.2) is 194 Å². The summed E-state index contributed by atoms with van der Waals surface area (Å²) in [7, 11) is 0. The van der Waals surface area contributed by atoms with E-state index in [0.29, 0.717) is 17.5 Å². The Morgan fingerprint density at radius 2 is 0.982 bits per heavy atom. The van der Waals surface area contributed by atoms with Crippen molar-refractivity contribution in [2.45, 2.75) is 12.0 Å². The van der Waals surface area contributed by atoms with Crippen molar-refractivity contribution in [2.75, 3.05) is 0 Å². The van der Waals surface area contributed by atoms with Crippen LogP contribution < -0.4 is 4.74 Å². The van der Waals surface area contributed by atoms with Crippen molar-refractivity contribution in [3.63, 3.8) is 0 Å². The summed E-state index contributed by atoms with van der Waals surface area (Å²) in [5.74, 6) is 2.83. The molecule has 7 aromatic carbocycles. The summed E-state index contributed by atoms with van der Waals surface area (Å²) >= 11 is 0. The maximum Gasteiger partial charge on any atom is 0.164 e. The van der Waals surface area contributed by atoms with E-state index in [1.54, 1.807) is 0 Å². The minimum atomic E-state index is -0.150. The summed E-state index contributed by atoms with van der Waals surface area (Å²) in [6, 6.07) is 61.3. The van der Waals surface area contributed by atoms with E-state index in [0.717, 1.165) is 44.8 Å². The van der Waals surface area contributed by atoms with Gasteiger partial charge in [0.25, 0.3) is 0 Å². The first kappa shape index (κ1) is 32.1.